The van der Waals surface area contributed by atoms with E-state index in [2.05, 4.69) is 45.5 Å². The van der Waals surface area contributed by atoms with Crippen LogP contribution >= 0.6 is 0 Å². The number of benzene rings is 1. The van der Waals surface area contributed by atoms with E-state index in [1.54, 1.807) is 0 Å². The lowest BCUT2D eigenvalue weighted by molar-refractivity contribution is -0.0149. The highest BCUT2D eigenvalue weighted by Crippen LogP contribution is 2.16. The molecule has 1 aromatic carbocycles. The van der Waals surface area contributed by atoms with Gasteiger partial charge in [0.2, 0.25) is 0 Å². The molecule has 15 heavy (non-hydrogen) atoms. The van der Waals surface area contributed by atoms with Crippen LogP contribution in [-0.2, 0) is 11.3 Å². The van der Waals surface area contributed by atoms with Crippen LogP contribution in [0.15, 0.2) is 30.8 Å². The van der Waals surface area contributed by atoms with E-state index in [0.29, 0.717) is 6.61 Å². The molecule has 0 amide bonds. The molecular weight excluding hydrogens is 184 g/mol. The van der Waals surface area contributed by atoms with Crippen molar-refractivity contribution >= 4 is 5.57 Å². The van der Waals surface area contributed by atoms with Crippen molar-refractivity contribution in [1.82, 2.24) is 0 Å². The van der Waals surface area contributed by atoms with Crippen LogP contribution in [0.2, 0.25) is 0 Å². The largest absolute Gasteiger partial charge is 0.371 e. The van der Waals surface area contributed by atoms with Crippen LogP contribution in [0.5, 0.6) is 0 Å². The third-order valence-electron chi connectivity index (χ3n) is 2.09. The second-order valence-corrected chi connectivity index (χ2v) is 4.88. The second-order valence-electron chi connectivity index (χ2n) is 4.88. The standard InChI is InChI=1S/C14H20O/c1-11(2)13-8-6-7-12(9-13)10-15-14(3,4)5/h6-9H,1,10H2,2-5H3. The highest BCUT2D eigenvalue weighted by atomic mass is 16.5. The number of hydrogen-bond acceptors (Lipinski definition) is 1. The fraction of sp³-hybridized carbons (Fsp3) is 0.429. The topological polar surface area (TPSA) is 9.23 Å². The van der Waals surface area contributed by atoms with E-state index in [1.165, 1.54) is 11.1 Å². The van der Waals surface area contributed by atoms with Crippen LogP contribution in [0.1, 0.15) is 38.8 Å². The van der Waals surface area contributed by atoms with Gasteiger partial charge in [0.05, 0.1) is 12.2 Å². The summed E-state index contributed by atoms with van der Waals surface area (Å²) in [6.07, 6.45) is 0. The lowest BCUT2D eigenvalue weighted by atomic mass is 10.1. The quantitative estimate of drug-likeness (QED) is 0.722. The summed E-state index contributed by atoms with van der Waals surface area (Å²) in [5, 5.41) is 0. The van der Waals surface area contributed by atoms with Crippen LogP contribution in [0.4, 0.5) is 0 Å². The van der Waals surface area contributed by atoms with Crippen LogP contribution in [-0.4, -0.2) is 5.60 Å². The molecule has 0 saturated heterocycles. The summed E-state index contributed by atoms with van der Waals surface area (Å²) in [4.78, 5) is 0. The summed E-state index contributed by atoms with van der Waals surface area (Å²) in [6, 6.07) is 8.33. The molecule has 0 aromatic heterocycles. The van der Waals surface area contributed by atoms with Gasteiger partial charge in [0.15, 0.2) is 0 Å². The van der Waals surface area contributed by atoms with Crippen molar-refractivity contribution in [1.29, 1.82) is 0 Å². The van der Waals surface area contributed by atoms with Crippen molar-refractivity contribution in [2.24, 2.45) is 0 Å². The van der Waals surface area contributed by atoms with E-state index in [-0.39, 0.29) is 5.60 Å². The minimum absolute atomic E-state index is 0.0841. The SMILES string of the molecule is C=C(C)c1cccc(COC(C)(C)C)c1. The van der Waals surface area contributed by atoms with Crippen LogP contribution in [0.25, 0.3) is 5.57 Å². The molecule has 0 radical (unpaired) electrons. The maximum atomic E-state index is 5.72. The Morgan fingerprint density at radius 3 is 2.53 bits per heavy atom. The summed E-state index contributed by atoms with van der Waals surface area (Å²) < 4.78 is 5.72. The summed E-state index contributed by atoms with van der Waals surface area (Å²) in [5.74, 6) is 0. The Morgan fingerprint density at radius 2 is 2.00 bits per heavy atom. The van der Waals surface area contributed by atoms with Crippen LogP contribution in [0, 0.1) is 0 Å². The van der Waals surface area contributed by atoms with Gasteiger partial charge in [0, 0.05) is 0 Å². The average molecular weight is 204 g/mol. The molecule has 0 spiro atoms. The molecule has 0 aliphatic rings. The summed E-state index contributed by atoms with van der Waals surface area (Å²) in [7, 11) is 0. The first-order valence-electron chi connectivity index (χ1n) is 5.27. The van der Waals surface area contributed by atoms with Gasteiger partial charge in [0.25, 0.3) is 0 Å². The number of rotatable bonds is 3. The lowest BCUT2D eigenvalue weighted by Crippen LogP contribution is -2.18. The minimum atomic E-state index is -0.0841. The van der Waals surface area contributed by atoms with E-state index in [4.69, 9.17) is 4.74 Å². The summed E-state index contributed by atoms with van der Waals surface area (Å²) in [5.41, 5.74) is 3.39. The van der Waals surface area contributed by atoms with Crippen molar-refractivity contribution in [3.8, 4) is 0 Å². The van der Waals surface area contributed by atoms with E-state index < -0.39 is 0 Å². The van der Waals surface area contributed by atoms with Gasteiger partial charge in [-0.2, -0.15) is 0 Å². The predicted molar refractivity (Wildman–Crippen MR) is 65.7 cm³/mol. The monoisotopic (exact) mass is 204 g/mol. The fourth-order valence-corrected chi connectivity index (χ4v) is 1.23. The first-order chi connectivity index (χ1) is 6.88. The number of allylic oxidation sites excluding steroid dienone is 1. The molecular formula is C14H20O. The maximum absolute atomic E-state index is 5.72. The molecule has 0 aliphatic carbocycles. The van der Waals surface area contributed by atoms with Crippen molar-refractivity contribution in [2.45, 2.75) is 39.9 Å². The molecule has 0 atom stereocenters. The normalized spacial score (nSPS) is 11.5. The Bertz CT molecular complexity index is 345. The van der Waals surface area contributed by atoms with Crippen molar-refractivity contribution < 1.29 is 4.74 Å². The van der Waals surface area contributed by atoms with Crippen LogP contribution < -0.4 is 0 Å². The Labute approximate surface area is 92.8 Å². The van der Waals surface area contributed by atoms with Gasteiger partial charge < -0.3 is 4.74 Å². The second kappa shape index (κ2) is 4.63. The Morgan fingerprint density at radius 1 is 1.33 bits per heavy atom. The van der Waals surface area contributed by atoms with E-state index in [0.717, 1.165) is 5.57 Å². The fourth-order valence-electron chi connectivity index (χ4n) is 1.23. The molecule has 1 heteroatoms. The van der Waals surface area contributed by atoms with Crippen molar-refractivity contribution in [2.75, 3.05) is 0 Å². The first-order valence-corrected chi connectivity index (χ1v) is 5.27. The van der Waals surface area contributed by atoms with Crippen molar-refractivity contribution in [3.05, 3.63) is 42.0 Å². The highest BCUT2D eigenvalue weighted by molar-refractivity contribution is 5.61. The van der Waals surface area contributed by atoms with Gasteiger partial charge in [-0.3, -0.25) is 0 Å². The molecule has 0 unspecified atom stereocenters. The zero-order chi connectivity index (χ0) is 11.5. The number of ether oxygens (including phenoxy) is 1. The Hall–Kier alpha value is -1.08. The smallest absolute Gasteiger partial charge is 0.0724 e. The molecule has 0 heterocycles. The molecule has 0 saturated carbocycles. The summed E-state index contributed by atoms with van der Waals surface area (Å²) in [6.45, 7) is 12.8. The van der Waals surface area contributed by atoms with Crippen LogP contribution in [0.3, 0.4) is 0 Å². The van der Waals surface area contributed by atoms with Gasteiger partial charge >= 0.3 is 0 Å². The van der Waals surface area contributed by atoms with E-state index in [9.17, 15) is 0 Å². The van der Waals surface area contributed by atoms with Gasteiger partial charge in [-0.05, 0) is 44.9 Å². The molecule has 0 aliphatic heterocycles. The number of hydrogen-bond donors (Lipinski definition) is 0. The van der Waals surface area contributed by atoms with Gasteiger partial charge in [-0.25, -0.2) is 0 Å². The van der Waals surface area contributed by atoms with Gasteiger partial charge in [-0.15, -0.1) is 0 Å². The molecule has 1 rings (SSSR count). The first kappa shape index (κ1) is 12.0. The third kappa shape index (κ3) is 4.30. The molecule has 82 valence electrons. The molecule has 1 nitrogen and oxygen atoms in total. The molecule has 0 N–H and O–H groups in total. The molecule has 0 fully saturated rings. The van der Waals surface area contributed by atoms with E-state index in [1.807, 2.05) is 13.0 Å². The lowest BCUT2D eigenvalue weighted by Gasteiger charge is -2.19. The molecule has 0 bridgehead atoms. The maximum Gasteiger partial charge on any atom is 0.0724 e. The van der Waals surface area contributed by atoms with Gasteiger partial charge in [0.1, 0.15) is 0 Å². The van der Waals surface area contributed by atoms with Crippen molar-refractivity contribution in [3.63, 3.8) is 0 Å². The Kier molecular flexibility index (Phi) is 3.70. The zero-order valence-electron chi connectivity index (χ0n) is 10.1. The predicted octanol–water partition coefficient (Wildman–Crippen LogP) is 4.03. The summed E-state index contributed by atoms with van der Waals surface area (Å²) >= 11 is 0. The molecule has 1 aromatic rings. The van der Waals surface area contributed by atoms with E-state index >= 15 is 0 Å². The zero-order valence-corrected chi connectivity index (χ0v) is 10.1. The average Bonchev–Trinajstić information content (AvgIpc) is 2.14. The third-order valence-corrected chi connectivity index (χ3v) is 2.09. The van der Waals surface area contributed by atoms with Gasteiger partial charge in [-0.1, -0.05) is 30.4 Å². The minimum Gasteiger partial charge on any atom is -0.371 e. The Balaban J connectivity index is 2.70. The highest BCUT2D eigenvalue weighted by Gasteiger charge is 2.09.